The Hall–Kier alpha value is -1.92. The van der Waals surface area contributed by atoms with Gasteiger partial charge in [-0.25, -0.2) is 0 Å². The lowest BCUT2D eigenvalue weighted by atomic mass is 10.0. The van der Waals surface area contributed by atoms with Crippen molar-refractivity contribution in [1.82, 2.24) is 10.6 Å². The smallest absolute Gasteiger partial charge is 0.247 e. The molecule has 6 heteroatoms. The summed E-state index contributed by atoms with van der Waals surface area (Å²) in [4.78, 5) is 24.7. The first-order valence-corrected chi connectivity index (χ1v) is 8.05. The fourth-order valence-electron chi connectivity index (χ4n) is 2.61. The molecule has 1 aromatic rings. The number of rotatable bonds is 6. The van der Waals surface area contributed by atoms with Gasteiger partial charge < -0.3 is 21.1 Å². The minimum absolute atomic E-state index is 0.0166. The van der Waals surface area contributed by atoms with E-state index in [1.165, 1.54) is 0 Å². The molecule has 1 aliphatic rings. The first-order valence-electron chi connectivity index (χ1n) is 8.05. The molecule has 4 N–H and O–H groups in total. The molecule has 1 saturated heterocycles. The van der Waals surface area contributed by atoms with E-state index in [9.17, 15) is 9.59 Å². The van der Waals surface area contributed by atoms with Crippen molar-refractivity contribution in [2.24, 2.45) is 5.92 Å². The lowest BCUT2D eigenvalue weighted by Gasteiger charge is -2.23. The van der Waals surface area contributed by atoms with Crippen LogP contribution in [0.25, 0.3) is 0 Å². The summed E-state index contributed by atoms with van der Waals surface area (Å²) in [5, 5.41) is 17.8. The van der Waals surface area contributed by atoms with Crippen LogP contribution in [0.1, 0.15) is 32.3 Å². The summed E-state index contributed by atoms with van der Waals surface area (Å²) in [6.07, 6.45) is 1.79. The predicted molar refractivity (Wildman–Crippen MR) is 88.8 cm³/mol. The normalized spacial score (nSPS) is 18.7. The molecule has 0 aliphatic carbocycles. The number of carbonyl (C=O) groups excluding carboxylic acids is 2. The third-order valence-corrected chi connectivity index (χ3v) is 4.03. The molecule has 23 heavy (non-hydrogen) atoms. The Balaban J connectivity index is 1.98. The summed E-state index contributed by atoms with van der Waals surface area (Å²) >= 11 is 0. The van der Waals surface area contributed by atoms with Crippen molar-refractivity contribution in [3.8, 4) is 0 Å². The van der Waals surface area contributed by atoms with E-state index in [1.54, 1.807) is 24.3 Å². The van der Waals surface area contributed by atoms with E-state index in [0.29, 0.717) is 5.69 Å². The van der Waals surface area contributed by atoms with Crippen molar-refractivity contribution in [1.29, 1.82) is 0 Å². The highest BCUT2D eigenvalue weighted by atomic mass is 16.3. The van der Waals surface area contributed by atoms with Crippen molar-refractivity contribution in [3.05, 3.63) is 29.8 Å². The van der Waals surface area contributed by atoms with Gasteiger partial charge in [0, 0.05) is 5.69 Å². The molecular formula is C17H25N3O3. The number of hydrogen-bond donors (Lipinski definition) is 4. The molecule has 1 unspecified atom stereocenters. The van der Waals surface area contributed by atoms with Crippen LogP contribution in [0, 0.1) is 5.92 Å². The minimum atomic E-state index is -0.581. The van der Waals surface area contributed by atoms with Crippen molar-refractivity contribution >= 4 is 17.5 Å². The van der Waals surface area contributed by atoms with E-state index in [1.807, 2.05) is 13.8 Å². The van der Waals surface area contributed by atoms with Crippen LogP contribution in [-0.2, 0) is 16.2 Å². The zero-order valence-electron chi connectivity index (χ0n) is 13.6. The molecule has 0 aromatic heterocycles. The van der Waals surface area contributed by atoms with E-state index < -0.39 is 6.04 Å². The van der Waals surface area contributed by atoms with Crippen LogP contribution in [0.3, 0.4) is 0 Å². The van der Waals surface area contributed by atoms with Crippen LogP contribution in [0.2, 0.25) is 0 Å². The molecular weight excluding hydrogens is 294 g/mol. The SMILES string of the molecule is CC(C)[C@H](NC(=O)C1CCCN1)C(=O)Nc1ccc(CO)cc1. The Labute approximate surface area is 136 Å². The van der Waals surface area contributed by atoms with Crippen molar-refractivity contribution in [2.75, 3.05) is 11.9 Å². The van der Waals surface area contributed by atoms with Crippen molar-refractivity contribution < 1.29 is 14.7 Å². The summed E-state index contributed by atoms with van der Waals surface area (Å²) in [6, 6.07) is 6.19. The third kappa shape index (κ3) is 4.77. The molecule has 0 radical (unpaired) electrons. The van der Waals surface area contributed by atoms with E-state index >= 15 is 0 Å². The van der Waals surface area contributed by atoms with Gasteiger partial charge in [-0.3, -0.25) is 9.59 Å². The molecule has 1 aromatic carbocycles. The quantitative estimate of drug-likeness (QED) is 0.630. The van der Waals surface area contributed by atoms with Gasteiger partial charge in [0.05, 0.1) is 12.6 Å². The Bertz CT molecular complexity index is 537. The topological polar surface area (TPSA) is 90.5 Å². The van der Waals surface area contributed by atoms with Gasteiger partial charge in [0.1, 0.15) is 6.04 Å². The van der Waals surface area contributed by atoms with Gasteiger partial charge >= 0.3 is 0 Å². The zero-order valence-corrected chi connectivity index (χ0v) is 13.6. The maximum Gasteiger partial charge on any atom is 0.247 e. The Morgan fingerprint density at radius 3 is 2.52 bits per heavy atom. The predicted octanol–water partition coefficient (Wildman–Crippen LogP) is 1.01. The zero-order chi connectivity index (χ0) is 16.8. The molecule has 0 saturated carbocycles. The van der Waals surface area contributed by atoms with Gasteiger partial charge in [0.2, 0.25) is 11.8 Å². The molecule has 6 nitrogen and oxygen atoms in total. The van der Waals surface area contributed by atoms with E-state index in [4.69, 9.17) is 5.11 Å². The maximum atomic E-state index is 12.5. The average Bonchev–Trinajstić information content (AvgIpc) is 3.07. The van der Waals surface area contributed by atoms with E-state index in [2.05, 4.69) is 16.0 Å². The second kappa shape index (κ2) is 8.08. The molecule has 0 spiro atoms. The van der Waals surface area contributed by atoms with Gasteiger partial charge in [0.25, 0.3) is 0 Å². The number of hydrogen-bond acceptors (Lipinski definition) is 4. The lowest BCUT2D eigenvalue weighted by molar-refractivity contribution is -0.128. The monoisotopic (exact) mass is 319 g/mol. The van der Waals surface area contributed by atoms with Crippen LogP contribution >= 0.6 is 0 Å². The third-order valence-electron chi connectivity index (χ3n) is 4.03. The molecule has 1 aliphatic heterocycles. The number of benzene rings is 1. The molecule has 0 bridgehead atoms. The summed E-state index contributed by atoms with van der Waals surface area (Å²) < 4.78 is 0. The second-order valence-electron chi connectivity index (χ2n) is 6.22. The van der Waals surface area contributed by atoms with Gasteiger partial charge in [-0.05, 0) is 43.0 Å². The van der Waals surface area contributed by atoms with Crippen LogP contribution in [-0.4, -0.2) is 35.5 Å². The summed E-state index contributed by atoms with van der Waals surface area (Å²) in [5.74, 6) is -0.368. The van der Waals surface area contributed by atoms with Gasteiger partial charge in [-0.15, -0.1) is 0 Å². The van der Waals surface area contributed by atoms with Crippen LogP contribution < -0.4 is 16.0 Å². The Morgan fingerprint density at radius 2 is 2.00 bits per heavy atom. The largest absolute Gasteiger partial charge is 0.392 e. The van der Waals surface area contributed by atoms with Gasteiger partial charge in [-0.1, -0.05) is 26.0 Å². The summed E-state index contributed by atoms with van der Waals surface area (Å²) in [5.41, 5.74) is 1.43. The van der Waals surface area contributed by atoms with Gasteiger partial charge in [-0.2, -0.15) is 0 Å². The minimum Gasteiger partial charge on any atom is -0.392 e. The number of aliphatic hydroxyl groups is 1. The first-order chi connectivity index (χ1) is 11.0. The number of anilines is 1. The fraction of sp³-hybridized carbons (Fsp3) is 0.529. The average molecular weight is 319 g/mol. The lowest BCUT2D eigenvalue weighted by Crippen LogP contribution is -2.52. The van der Waals surface area contributed by atoms with Crippen LogP contribution in [0.4, 0.5) is 5.69 Å². The number of amides is 2. The standard InChI is InChI=1S/C17H25N3O3/c1-11(2)15(20-16(22)14-4-3-9-18-14)17(23)19-13-7-5-12(10-21)6-8-13/h5-8,11,14-15,18,21H,3-4,9-10H2,1-2H3,(H,19,23)(H,20,22)/t14?,15-/m0/s1. The summed E-state index contributed by atoms with van der Waals surface area (Å²) in [6.45, 7) is 4.62. The van der Waals surface area contributed by atoms with Crippen LogP contribution in [0.5, 0.6) is 0 Å². The Kier molecular flexibility index (Phi) is 6.12. The highest BCUT2D eigenvalue weighted by Crippen LogP contribution is 2.13. The summed E-state index contributed by atoms with van der Waals surface area (Å²) in [7, 11) is 0. The fourth-order valence-corrected chi connectivity index (χ4v) is 2.61. The Morgan fingerprint density at radius 1 is 1.30 bits per heavy atom. The molecule has 126 valence electrons. The number of carbonyl (C=O) groups is 2. The molecule has 1 fully saturated rings. The van der Waals surface area contributed by atoms with Gasteiger partial charge in [0.15, 0.2) is 0 Å². The van der Waals surface area contributed by atoms with E-state index in [-0.39, 0.29) is 30.4 Å². The molecule has 2 amide bonds. The second-order valence-corrected chi connectivity index (χ2v) is 6.22. The first kappa shape index (κ1) is 17.4. The molecule has 2 atom stereocenters. The molecule has 2 rings (SSSR count). The highest BCUT2D eigenvalue weighted by Gasteiger charge is 2.29. The van der Waals surface area contributed by atoms with Crippen molar-refractivity contribution in [3.63, 3.8) is 0 Å². The molecule has 1 heterocycles. The van der Waals surface area contributed by atoms with Crippen LogP contribution in [0.15, 0.2) is 24.3 Å². The number of nitrogens with one attached hydrogen (secondary N) is 3. The maximum absolute atomic E-state index is 12.5. The van der Waals surface area contributed by atoms with Crippen molar-refractivity contribution in [2.45, 2.75) is 45.4 Å². The highest BCUT2D eigenvalue weighted by molar-refractivity contribution is 5.98. The number of aliphatic hydroxyl groups excluding tert-OH is 1. The van der Waals surface area contributed by atoms with E-state index in [0.717, 1.165) is 24.9 Å².